The van der Waals surface area contributed by atoms with Crippen LogP contribution in [0.4, 0.5) is 18.9 Å². The van der Waals surface area contributed by atoms with Gasteiger partial charge in [-0.15, -0.1) is 0 Å². The zero-order valence-corrected chi connectivity index (χ0v) is 12.0. The molecule has 0 aliphatic heterocycles. The molecule has 1 aliphatic rings. The first-order valence-corrected chi connectivity index (χ1v) is 7.13. The van der Waals surface area contributed by atoms with Crippen molar-refractivity contribution in [2.75, 3.05) is 18.0 Å². The summed E-state index contributed by atoms with van der Waals surface area (Å²) in [5, 5.41) is 7.30. The van der Waals surface area contributed by atoms with Crippen LogP contribution in [-0.4, -0.2) is 18.9 Å². The number of alkyl halides is 3. The number of nitrogens with one attached hydrogen (secondary N) is 1. The highest BCUT2D eigenvalue weighted by atomic mass is 19.4. The Labute approximate surface area is 122 Å². The number of nitrogens with zero attached hydrogens (tertiary/aromatic N) is 1. The maximum atomic E-state index is 13.1. The van der Waals surface area contributed by atoms with Gasteiger partial charge in [0.05, 0.1) is 5.56 Å². The number of amidine groups is 1. The Kier molecular flexibility index (Phi) is 4.44. The van der Waals surface area contributed by atoms with Crippen LogP contribution in [0.5, 0.6) is 0 Å². The molecule has 3 nitrogen and oxygen atoms in total. The van der Waals surface area contributed by atoms with E-state index in [1.165, 1.54) is 12.5 Å². The summed E-state index contributed by atoms with van der Waals surface area (Å²) in [4.78, 5) is 1.96. The van der Waals surface area contributed by atoms with Crippen LogP contribution < -0.4 is 10.6 Å². The summed E-state index contributed by atoms with van der Waals surface area (Å²) in [6, 6.07) is 4.02. The summed E-state index contributed by atoms with van der Waals surface area (Å²) in [5.41, 5.74) is 4.70. The van der Waals surface area contributed by atoms with Gasteiger partial charge in [-0.2, -0.15) is 13.2 Å². The van der Waals surface area contributed by atoms with Crippen LogP contribution in [0.25, 0.3) is 0 Å². The number of rotatable bonds is 5. The molecule has 1 aliphatic carbocycles. The number of hydrogen-bond donors (Lipinski definition) is 2. The molecule has 0 saturated heterocycles. The monoisotopic (exact) mass is 299 g/mol. The summed E-state index contributed by atoms with van der Waals surface area (Å²) in [5.74, 6) is 0.0164. The Morgan fingerprint density at radius 2 is 2.05 bits per heavy atom. The third-order valence-electron chi connectivity index (χ3n) is 4.05. The average molecular weight is 299 g/mol. The van der Waals surface area contributed by atoms with E-state index in [-0.39, 0.29) is 5.56 Å². The van der Waals surface area contributed by atoms with E-state index in [2.05, 4.69) is 0 Å². The molecule has 0 radical (unpaired) electrons. The molecule has 116 valence electrons. The van der Waals surface area contributed by atoms with Crippen molar-refractivity contribution < 1.29 is 13.2 Å². The van der Waals surface area contributed by atoms with Crippen molar-refractivity contribution in [2.24, 2.45) is 11.7 Å². The molecule has 0 aromatic heterocycles. The van der Waals surface area contributed by atoms with E-state index in [9.17, 15) is 13.2 Å². The number of hydrogen-bond acceptors (Lipinski definition) is 2. The molecule has 0 unspecified atom stereocenters. The Hall–Kier alpha value is -1.72. The van der Waals surface area contributed by atoms with Crippen LogP contribution in [-0.2, 0) is 6.18 Å². The molecular weight excluding hydrogens is 279 g/mol. The van der Waals surface area contributed by atoms with Gasteiger partial charge in [-0.05, 0) is 43.9 Å². The summed E-state index contributed by atoms with van der Waals surface area (Å²) in [7, 11) is 0. The van der Waals surface area contributed by atoms with Gasteiger partial charge in [-0.25, -0.2) is 0 Å². The molecule has 2 rings (SSSR count). The fraction of sp³-hybridized carbons (Fsp3) is 0.533. The first-order chi connectivity index (χ1) is 9.82. The normalized spacial score (nSPS) is 15.6. The van der Waals surface area contributed by atoms with Gasteiger partial charge >= 0.3 is 6.18 Å². The Morgan fingerprint density at radius 3 is 2.48 bits per heavy atom. The van der Waals surface area contributed by atoms with Gasteiger partial charge in [0.15, 0.2) is 0 Å². The van der Waals surface area contributed by atoms with E-state index in [1.54, 1.807) is 6.07 Å². The molecular formula is C15H20F3N3. The van der Waals surface area contributed by atoms with Crippen molar-refractivity contribution in [3.8, 4) is 0 Å². The predicted molar refractivity (Wildman–Crippen MR) is 77.7 cm³/mol. The zero-order valence-electron chi connectivity index (χ0n) is 12.0. The summed E-state index contributed by atoms with van der Waals surface area (Å²) < 4.78 is 39.4. The van der Waals surface area contributed by atoms with Gasteiger partial charge in [-0.3, -0.25) is 5.41 Å². The Morgan fingerprint density at radius 1 is 1.38 bits per heavy atom. The van der Waals surface area contributed by atoms with Crippen molar-refractivity contribution in [2.45, 2.75) is 32.4 Å². The smallest absolute Gasteiger partial charge is 0.384 e. The lowest BCUT2D eigenvalue weighted by Gasteiger charge is -2.33. The van der Waals surface area contributed by atoms with Crippen molar-refractivity contribution in [1.82, 2.24) is 0 Å². The van der Waals surface area contributed by atoms with Gasteiger partial charge < -0.3 is 10.6 Å². The average Bonchev–Trinajstić information content (AvgIpc) is 2.36. The maximum Gasteiger partial charge on any atom is 0.417 e. The van der Waals surface area contributed by atoms with Crippen LogP contribution >= 0.6 is 0 Å². The third kappa shape index (κ3) is 3.49. The number of nitrogens with two attached hydrogens (primary N) is 1. The largest absolute Gasteiger partial charge is 0.417 e. The minimum Gasteiger partial charge on any atom is -0.384 e. The lowest BCUT2D eigenvalue weighted by molar-refractivity contribution is -0.137. The van der Waals surface area contributed by atoms with E-state index in [4.69, 9.17) is 11.1 Å². The van der Waals surface area contributed by atoms with E-state index >= 15 is 0 Å². The van der Waals surface area contributed by atoms with E-state index in [1.807, 2.05) is 11.8 Å². The zero-order chi connectivity index (χ0) is 15.6. The number of benzene rings is 1. The molecule has 0 atom stereocenters. The quantitative estimate of drug-likeness (QED) is 0.644. The van der Waals surface area contributed by atoms with E-state index in [0.29, 0.717) is 18.2 Å². The molecule has 21 heavy (non-hydrogen) atoms. The van der Waals surface area contributed by atoms with Gasteiger partial charge in [0.2, 0.25) is 0 Å². The fourth-order valence-electron chi connectivity index (χ4n) is 2.60. The highest BCUT2D eigenvalue weighted by Crippen LogP contribution is 2.35. The van der Waals surface area contributed by atoms with Gasteiger partial charge in [0.25, 0.3) is 0 Å². The molecule has 1 saturated carbocycles. The second kappa shape index (κ2) is 5.95. The molecule has 6 heteroatoms. The molecule has 0 bridgehead atoms. The van der Waals surface area contributed by atoms with Crippen LogP contribution in [0, 0.1) is 11.3 Å². The molecule has 0 heterocycles. The number of halogens is 3. The fourth-order valence-corrected chi connectivity index (χ4v) is 2.60. The van der Waals surface area contributed by atoms with Gasteiger partial charge in [0, 0.05) is 24.3 Å². The minimum atomic E-state index is -4.51. The minimum absolute atomic E-state index is 0.258. The summed E-state index contributed by atoms with van der Waals surface area (Å²) in [6.45, 7) is 3.38. The summed E-state index contributed by atoms with van der Waals surface area (Å²) in [6.07, 6.45) is -1.01. The predicted octanol–water partition coefficient (Wildman–Crippen LogP) is 3.62. The molecule has 1 aromatic rings. The first kappa shape index (κ1) is 15.7. The van der Waals surface area contributed by atoms with Crippen molar-refractivity contribution in [1.29, 1.82) is 5.41 Å². The summed E-state index contributed by atoms with van der Waals surface area (Å²) >= 11 is 0. The Balaban J connectivity index is 2.33. The van der Waals surface area contributed by atoms with Crippen molar-refractivity contribution in [3.63, 3.8) is 0 Å². The van der Waals surface area contributed by atoms with Crippen molar-refractivity contribution >= 4 is 11.5 Å². The Bertz CT molecular complexity index is 521. The van der Waals surface area contributed by atoms with Crippen LogP contribution in [0.3, 0.4) is 0 Å². The third-order valence-corrected chi connectivity index (χ3v) is 4.05. The van der Waals surface area contributed by atoms with E-state index < -0.39 is 17.6 Å². The first-order valence-electron chi connectivity index (χ1n) is 7.13. The second-order valence-corrected chi connectivity index (χ2v) is 5.48. The topological polar surface area (TPSA) is 53.1 Å². The molecule has 0 spiro atoms. The standard InChI is InChI=1S/C15H20F3N3/c1-2-21(9-10-4-3-5-10)11-6-7-12(14(19)20)13(8-11)15(16,17)18/h6-8,10H,2-5,9H2,1H3,(H3,19,20). The molecule has 1 aromatic carbocycles. The number of anilines is 1. The van der Waals surface area contributed by atoms with Crippen molar-refractivity contribution in [3.05, 3.63) is 29.3 Å². The molecule has 1 fully saturated rings. The second-order valence-electron chi connectivity index (χ2n) is 5.48. The highest BCUT2D eigenvalue weighted by Gasteiger charge is 2.35. The van der Waals surface area contributed by atoms with Crippen LogP contribution in [0.15, 0.2) is 18.2 Å². The van der Waals surface area contributed by atoms with Crippen LogP contribution in [0.1, 0.15) is 37.3 Å². The lowest BCUT2D eigenvalue weighted by atomic mass is 9.85. The SMILES string of the molecule is CCN(CC1CCC1)c1ccc(C(=N)N)c(C(F)(F)F)c1. The van der Waals surface area contributed by atoms with Gasteiger partial charge in [0.1, 0.15) is 5.84 Å². The highest BCUT2D eigenvalue weighted by molar-refractivity contribution is 5.97. The molecule has 0 amide bonds. The van der Waals surface area contributed by atoms with Crippen LogP contribution in [0.2, 0.25) is 0 Å². The maximum absolute atomic E-state index is 13.1. The van der Waals surface area contributed by atoms with E-state index in [0.717, 1.165) is 25.5 Å². The molecule has 3 N–H and O–H groups in total. The number of nitrogen functional groups attached to an aromatic ring is 1. The van der Waals surface area contributed by atoms with Gasteiger partial charge in [-0.1, -0.05) is 6.42 Å². The lowest BCUT2D eigenvalue weighted by Crippen LogP contribution is -2.32.